The lowest BCUT2D eigenvalue weighted by molar-refractivity contribution is 0.254. The number of nitrogens with zero attached hydrogens (tertiary/aromatic N) is 2. The summed E-state index contributed by atoms with van der Waals surface area (Å²) >= 11 is 0. The van der Waals surface area contributed by atoms with E-state index in [-0.39, 0.29) is 11.9 Å². The van der Waals surface area contributed by atoms with Crippen molar-refractivity contribution < 1.29 is 4.39 Å². The van der Waals surface area contributed by atoms with Gasteiger partial charge in [-0.1, -0.05) is 0 Å². The Bertz CT molecular complexity index is 503. The van der Waals surface area contributed by atoms with Crippen LogP contribution >= 0.6 is 0 Å². The Kier molecular flexibility index (Phi) is 4.18. The standard InChI is InChI=1S/C17H26FN3/c1-12(19)9-13-10-14(18)3-6-17(13)21-8-7-15-4-5-16(11-21)20(15)2/h3,6,10,12,15-16H,4-5,7-9,11,19H2,1-2H3. The molecule has 2 heterocycles. The van der Waals surface area contributed by atoms with E-state index < -0.39 is 0 Å². The zero-order chi connectivity index (χ0) is 15.0. The average molecular weight is 291 g/mol. The Morgan fingerprint density at radius 3 is 2.81 bits per heavy atom. The summed E-state index contributed by atoms with van der Waals surface area (Å²) in [6, 6.07) is 6.57. The van der Waals surface area contributed by atoms with Crippen molar-refractivity contribution in [3.05, 3.63) is 29.6 Å². The Balaban J connectivity index is 1.86. The summed E-state index contributed by atoms with van der Waals surface area (Å²) in [7, 11) is 2.25. The summed E-state index contributed by atoms with van der Waals surface area (Å²) < 4.78 is 13.6. The van der Waals surface area contributed by atoms with E-state index in [1.165, 1.54) is 24.9 Å². The topological polar surface area (TPSA) is 32.5 Å². The summed E-state index contributed by atoms with van der Waals surface area (Å²) in [4.78, 5) is 4.98. The van der Waals surface area contributed by atoms with Crippen molar-refractivity contribution in [3.63, 3.8) is 0 Å². The summed E-state index contributed by atoms with van der Waals surface area (Å²) in [5.74, 6) is -0.164. The molecule has 116 valence electrons. The van der Waals surface area contributed by atoms with Crippen LogP contribution in [0.3, 0.4) is 0 Å². The van der Waals surface area contributed by atoms with Gasteiger partial charge in [0.05, 0.1) is 0 Å². The smallest absolute Gasteiger partial charge is 0.123 e. The minimum Gasteiger partial charge on any atom is -0.370 e. The lowest BCUT2D eigenvalue weighted by Gasteiger charge is -2.29. The number of likely N-dealkylation sites (N-methyl/N-ethyl adjacent to an activating group) is 1. The van der Waals surface area contributed by atoms with Gasteiger partial charge in [0.15, 0.2) is 0 Å². The molecule has 0 radical (unpaired) electrons. The van der Waals surface area contributed by atoms with Crippen LogP contribution in [0, 0.1) is 5.82 Å². The molecule has 4 heteroatoms. The Hall–Kier alpha value is -1.13. The number of nitrogens with two attached hydrogens (primary N) is 1. The molecular formula is C17H26FN3. The molecule has 21 heavy (non-hydrogen) atoms. The van der Waals surface area contributed by atoms with Crippen LogP contribution in [0.25, 0.3) is 0 Å². The first kappa shape index (κ1) is 14.8. The fraction of sp³-hybridized carbons (Fsp3) is 0.647. The van der Waals surface area contributed by atoms with Crippen LogP contribution in [0.15, 0.2) is 18.2 Å². The number of halogens is 1. The molecule has 0 amide bonds. The van der Waals surface area contributed by atoms with Crippen LogP contribution in [-0.2, 0) is 6.42 Å². The largest absolute Gasteiger partial charge is 0.370 e. The number of anilines is 1. The van der Waals surface area contributed by atoms with E-state index in [4.69, 9.17) is 5.73 Å². The van der Waals surface area contributed by atoms with Gasteiger partial charge in [0, 0.05) is 36.9 Å². The summed E-state index contributed by atoms with van der Waals surface area (Å²) in [5, 5.41) is 0. The maximum Gasteiger partial charge on any atom is 0.123 e. The molecule has 1 aromatic rings. The molecule has 2 aliphatic heterocycles. The third-order valence-corrected chi connectivity index (χ3v) is 5.07. The zero-order valence-corrected chi connectivity index (χ0v) is 13.1. The lowest BCUT2D eigenvalue weighted by Crippen LogP contribution is -2.37. The van der Waals surface area contributed by atoms with Gasteiger partial charge in [-0.25, -0.2) is 4.39 Å². The van der Waals surface area contributed by atoms with Gasteiger partial charge in [0.2, 0.25) is 0 Å². The van der Waals surface area contributed by atoms with E-state index in [1.807, 2.05) is 13.0 Å². The minimum absolute atomic E-state index is 0.0525. The van der Waals surface area contributed by atoms with Gasteiger partial charge in [-0.05, 0) is 63.4 Å². The van der Waals surface area contributed by atoms with Gasteiger partial charge in [-0.3, -0.25) is 4.90 Å². The second-order valence-electron chi connectivity index (χ2n) is 6.74. The highest BCUT2D eigenvalue weighted by Crippen LogP contribution is 2.32. The van der Waals surface area contributed by atoms with Crippen LogP contribution in [0.1, 0.15) is 31.7 Å². The van der Waals surface area contributed by atoms with Gasteiger partial charge in [0.1, 0.15) is 5.82 Å². The van der Waals surface area contributed by atoms with Crippen molar-refractivity contribution in [1.29, 1.82) is 0 Å². The first-order valence-corrected chi connectivity index (χ1v) is 8.05. The maximum absolute atomic E-state index is 13.6. The molecule has 2 fully saturated rings. The molecule has 0 aliphatic carbocycles. The van der Waals surface area contributed by atoms with Gasteiger partial charge in [-0.15, -0.1) is 0 Å². The Morgan fingerprint density at radius 2 is 2.05 bits per heavy atom. The monoisotopic (exact) mass is 291 g/mol. The lowest BCUT2D eigenvalue weighted by atomic mass is 10.0. The second-order valence-corrected chi connectivity index (χ2v) is 6.74. The summed E-state index contributed by atoms with van der Waals surface area (Å²) in [6.07, 6.45) is 4.53. The van der Waals surface area contributed by atoms with E-state index in [0.29, 0.717) is 6.04 Å². The highest BCUT2D eigenvalue weighted by molar-refractivity contribution is 5.54. The molecule has 2 N–H and O–H groups in total. The molecule has 3 nitrogen and oxygen atoms in total. The number of fused-ring (bicyclic) bond motifs is 2. The molecule has 0 aromatic heterocycles. The predicted octanol–water partition coefficient (Wildman–Crippen LogP) is 2.39. The normalized spacial score (nSPS) is 27.7. The number of rotatable bonds is 3. The SMILES string of the molecule is CC(N)Cc1cc(F)ccc1N1CCC2CCC(C1)N2C. The third-order valence-electron chi connectivity index (χ3n) is 5.07. The van der Waals surface area contributed by atoms with Gasteiger partial charge < -0.3 is 10.6 Å². The van der Waals surface area contributed by atoms with Crippen molar-refractivity contribution in [2.45, 2.75) is 50.7 Å². The predicted molar refractivity (Wildman–Crippen MR) is 85.2 cm³/mol. The van der Waals surface area contributed by atoms with E-state index >= 15 is 0 Å². The van der Waals surface area contributed by atoms with Crippen LogP contribution in [-0.4, -0.2) is 43.2 Å². The summed E-state index contributed by atoms with van der Waals surface area (Å²) in [6.45, 7) is 4.08. The molecule has 1 aromatic carbocycles. The molecule has 2 aliphatic rings. The fourth-order valence-electron chi connectivity index (χ4n) is 3.90. The molecule has 3 rings (SSSR count). The first-order chi connectivity index (χ1) is 10.0. The van der Waals surface area contributed by atoms with Crippen molar-refractivity contribution in [1.82, 2.24) is 4.90 Å². The van der Waals surface area contributed by atoms with Crippen LogP contribution in [0.5, 0.6) is 0 Å². The third kappa shape index (κ3) is 3.06. The first-order valence-electron chi connectivity index (χ1n) is 8.05. The van der Waals surface area contributed by atoms with Crippen molar-refractivity contribution in [3.8, 4) is 0 Å². The molecule has 0 saturated carbocycles. The van der Waals surface area contributed by atoms with Gasteiger partial charge in [-0.2, -0.15) is 0 Å². The van der Waals surface area contributed by atoms with Gasteiger partial charge >= 0.3 is 0 Å². The molecule has 2 saturated heterocycles. The maximum atomic E-state index is 13.6. The molecule has 2 bridgehead atoms. The van der Waals surface area contributed by atoms with Gasteiger partial charge in [0.25, 0.3) is 0 Å². The fourth-order valence-corrected chi connectivity index (χ4v) is 3.90. The van der Waals surface area contributed by atoms with Crippen LogP contribution in [0.4, 0.5) is 10.1 Å². The van der Waals surface area contributed by atoms with Crippen molar-refractivity contribution >= 4 is 5.69 Å². The average Bonchev–Trinajstić information content (AvgIpc) is 2.64. The number of benzene rings is 1. The van der Waals surface area contributed by atoms with Crippen molar-refractivity contribution in [2.24, 2.45) is 5.73 Å². The number of hydrogen-bond donors (Lipinski definition) is 1. The molecule has 0 spiro atoms. The zero-order valence-electron chi connectivity index (χ0n) is 13.1. The summed E-state index contributed by atoms with van der Waals surface area (Å²) in [5.41, 5.74) is 8.16. The highest BCUT2D eigenvalue weighted by Gasteiger charge is 2.35. The van der Waals surface area contributed by atoms with Crippen molar-refractivity contribution in [2.75, 3.05) is 25.0 Å². The number of hydrogen-bond acceptors (Lipinski definition) is 3. The van der Waals surface area contributed by atoms with Crippen LogP contribution < -0.4 is 10.6 Å². The molecular weight excluding hydrogens is 265 g/mol. The Labute approximate surface area is 126 Å². The second kappa shape index (κ2) is 5.93. The molecule has 3 atom stereocenters. The quantitative estimate of drug-likeness (QED) is 0.928. The van der Waals surface area contributed by atoms with E-state index in [0.717, 1.165) is 31.1 Å². The van der Waals surface area contributed by atoms with E-state index in [9.17, 15) is 4.39 Å². The van der Waals surface area contributed by atoms with E-state index in [2.05, 4.69) is 16.8 Å². The highest BCUT2D eigenvalue weighted by atomic mass is 19.1. The molecule has 3 unspecified atom stereocenters. The minimum atomic E-state index is -0.164. The van der Waals surface area contributed by atoms with Crippen LogP contribution in [0.2, 0.25) is 0 Å². The van der Waals surface area contributed by atoms with E-state index in [1.54, 1.807) is 12.1 Å². The Morgan fingerprint density at radius 1 is 1.29 bits per heavy atom.